The molecule has 3 aromatic rings. The monoisotopic (exact) mass is 338 g/mol. The van der Waals surface area contributed by atoms with Crippen molar-refractivity contribution in [3.05, 3.63) is 54.6 Å². The van der Waals surface area contributed by atoms with E-state index < -0.39 is 6.03 Å². The van der Waals surface area contributed by atoms with Gasteiger partial charge in [-0.05, 0) is 24.3 Å². The third-order valence-corrected chi connectivity index (χ3v) is 3.81. The lowest BCUT2D eigenvalue weighted by Gasteiger charge is -2.15. The van der Waals surface area contributed by atoms with Gasteiger partial charge in [0.2, 0.25) is 0 Å². The lowest BCUT2D eigenvalue weighted by molar-refractivity contribution is 0.262. The van der Waals surface area contributed by atoms with Crippen LogP contribution in [0, 0.1) is 0 Å². The number of nitrogens with one attached hydrogen (secondary N) is 2. The molecule has 0 atom stereocenters. The second kappa shape index (κ2) is 7.00. The predicted octanol–water partition coefficient (Wildman–Crippen LogP) is 4.21. The molecule has 3 N–H and O–H groups in total. The molecule has 0 bridgehead atoms. The maximum Gasteiger partial charge on any atom is 0.323 e. The number of anilines is 2. The van der Waals surface area contributed by atoms with E-state index in [1.165, 1.54) is 14.2 Å². The van der Waals surface area contributed by atoms with E-state index in [2.05, 4.69) is 10.6 Å². The van der Waals surface area contributed by atoms with E-state index >= 15 is 0 Å². The van der Waals surface area contributed by atoms with Gasteiger partial charge in [-0.1, -0.05) is 30.3 Å². The second-order valence-electron chi connectivity index (χ2n) is 5.29. The lowest BCUT2D eigenvalue weighted by Crippen LogP contribution is -2.20. The maximum atomic E-state index is 12.5. The van der Waals surface area contributed by atoms with Gasteiger partial charge in [-0.2, -0.15) is 0 Å². The molecule has 0 aromatic heterocycles. The molecule has 0 heterocycles. The molecule has 3 aromatic carbocycles. The number of aromatic hydroxyl groups is 1. The van der Waals surface area contributed by atoms with Crippen molar-refractivity contribution in [1.29, 1.82) is 0 Å². The highest BCUT2D eigenvalue weighted by molar-refractivity contribution is 6.08. The van der Waals surface area contributed by atoms with Crippen LogP contribution >= 0.6 is 0 Å². The second-order valence-corrected chi connectivity index (χ2v) is 5.29. The number of phenols is 1. The van der Waals surface area contributed by atoms with Crippen LogP contribution in [0.25, 0.3) is 10.8 Å². The SMILES string of the molecule is COc1cccc(OC)c1NC(=O)Nc1cccc2c(O)cccc12. The summed E-state index contributed by atoms with van der Waals surface area (Å²) in [7, 11) is 3.04. The zero-order valence-corrected chi connectivity index (χ0v) is 13.9. The average molecular weight is 338 g/mol. The number of phenolic OH excluding ortho intramolecular Hbond substituents is 1. The molecule has 2 amide bonds. The van der Waals surface area contributed by atoms with Gasteiger partial charge in [0.25, 0.3) is 0 Å². The molecule has 25 heavy (non-hydrogen) atoms. The lowest BCUT2D eigenvalue weighted by atomic mass is 10.1. The Hall–Kier alpha value is -3.41. The van der Waals surface area contributed by atoms with Crippen LogP contribution in [0.2, 0.25) is 0 Å². The first kappa shape index (κ1) is 16.4. The van der Waals surface area contributed by atoms with Crippen molar-refractivity contribution >= 4 is 28.2 Å². The van der Waals surface area contributed by atoms with Crippen molar-refractivity contribution in [1.82, 2.24) is 0 Å². The van der Waals surface area contributed by atoms with Gasteiger partial charge in [-0.25, -0.2) is 4.79 Å². The highest BCUT2D eigenvalue weighted by Gasteiger charge is 2.14. The summed E-state index contributed by atoms with van der Waals surface area (Å²) in [5, 5.41) is 16.9. The summed E-state index contributed by atoms with van der Waals surface area (Å²) in [5.74, 6) is 1.14. The number of rotatable bonds is 4. The number of urea groups is 1. The van der Waals surface area contributed by atoms with Crippen molar-refractivity contribution < 1.29 is 19.4 Å². The van der Waals surface area contributed by atoms with Gasteiger partial charge in [0.05, 0.1) is 19.9 Å². The third-order valence-electron chi connectivity index (χ3n) is 3.81. The summed E-state index contributed by atoms with van der Waals surface area (Å²) in [5.41, 5.74) is 1.02. The summed E-state index contributed by atoms with van der Waals surface area (Å²) in [4.78, 5) is 12.5. The average Bonchev–Trinajstić information content (AvgIpc) is 2.62. The topological polar surface area (TPSA) is 79.8 Å². The van der Waals surface area contributed by atoms with Crippen LogP contribution in [0.1, 0.15) is 0 Å². The summed E-state index contributed by atoms with van der Waals surface area (Å²) in [6.45, 7) is 0. The van der Waals surface area contributed by atoms with E-state index in [9.17, 15) is 9.90 Å². The van der Waals surface area contributed by atoms with Crippen LogP contribution in [0.15, 0.2) is 54.6 Å². The van der Waals surface area contributed by atoms with Crippen molar-refractivity contribution in [3.63, 3.8) is 0 Å². The molecule has 0 spiro atoms. The number of para-hydroxylation sites is 1. The van der Waals surface area contributed by atoms with Crippen molar-refractivity contribution in [2.24, 2.45) is 0 Å². The molecule has 0 aliphatic heterocycles. The molecule has 0 fully saturated rings. The Balaban J connectivity index is 1.89. The maximum absolute atomic E-state index is 12.5. The van der Waals surface area contributed by atoms with Gasteiger partial charge in [0.1, 0.15) is 22.9 Å². The van der Waals surface area contributed by atoms with Crippen LogP contribution in [-0.2, 0) is 0 Å². The van der Waals surface area contributed by atoms with Gasteiger partial charge in [-0.3, -0.25) is 0 Å². The van der Waals surface area contributed by atoms with E-state index in [1.807, 2.05) is 6.07 Å². The number of hydrogen-bond donors (Lipinski definition) is 3. The molecule has 0 saturated carbocycles. The minimum atomic E-state index is -0.446. The first-order chi connectivity index (χ1) is 12.1. The van der Waals surface area contributed by atoms with Crippen LogP contribution in [0.5, 0.6) is 17.2 Å². The molecule has 6 nitrogen and oxygen atoms in total. The minimum absolute atomic E-state index is 0.160. The molecule has 0 aliphatic rings. The van der Waals surface area contributed by atoms with E-state index in [-0.39, 0.29) is 5.75 Å². The number of benzene rings is 3. The smallest absolute Gasteiger partial charge is 0.323 e. The number of ether oxygens (including phenoxy) is 2. The molecule has 0 radical (unpaired) electrons. The van der Waals surface area contributed by atoms with Crippen LogP contribution in [-0.4, -0.2) is 25.4 Å². The molecule has 3 rings (SSSR count). The Labute approximate surface area is 145 Å². The zero-order chi connectivity index (χ0) is 17.8. The minimum Gasteiger partial charge on any atom is -0.507 e. The predicted molar refractivity (Wildman–Crippen MR) is 97.8 cm³/mol. The highest BCUT2D eigenvalue weighted by atomic mass is 16.5. The number of amides is 2. The molecular weight excluding hydrogens is 320 g/mol. The molecule has 6 heteroatoms. The normalized spacial score (nSPS) is 10.3. The third kappa shape index (κ3) is 3.28. The molecular formula is C19H18N2O4. The van der Waals surface area contributed by atoms with Gasteiger partial charge < -0.3 is 25.2 Å². The fourth-order valence-electron chi connectivity index (χ4n) is 2.64. The Morgan fingerprint density at radius 3 is 2.12 bits per heavy atom. The Morgan fingerprint density at radius 1 is 0.840 bits per heavy atom. The summed E-state index contributed by atoms with van der Waals surface area (Å²) >= 11 is 0. The Morgan fingerprint density at radius 2 is 1.44 bits per heavy atom. The van der Waals surface area contributed by atoms with Gasteiger partial charge >= 0.3 is 6.03 Å². The largest absolute Gasteiger partial charge is 0.507 e. The number of hydrogen-bond acceptors (Lipinski definition) is 4. The number of fused-ring (bicyclic) bond motifs is 1. The van der Waals surface area contributed by atoms with Crippen molar-refractivity contribution in [2.45, 2.75) is 0 Å². The summed E-state index contributed by atoms with van der Waals surface area (Å²) in [6, 6.07) is 15.3. The molecule has 0 aliphatic carbocycles. The molecule has 128 valence electrons. The first-order valence-electron chi connectivity index (χ1n) is 7.63. The highest BCUT2D eigenvalue weighted by Crippen LogP contribution is 2.34. The van der Waals surface area contributed by atoms with Crippen molar-refractivity contribution in [2.75, 3.05) is 24.9 Å². The quantitative estimate of drug-likeness (QED) is 0.666. The van der Waals surface area contributed by atoms with Crippen LogP contribution in [0.4, 0.5) is 16.2 Å². The molecule has 0 saturated heterocycles. The van der Waals surface area contributed by atoms with Crippen LogP contribution in [0.3, 0.4) is 0 Å². The van der Waals surface area contributed by atoms with Gasteiger partial charge in [-0.15, -0.1) is 0 Å². The van der Waals surface area contributed by atoms with E-state index in [0.717, 1.165) is 5.39 Å². The van der Waals surface area contributed by atoms with E-state index in [1.54, 1.807) is 48.5 Å². The van der Waals surface area contributed by atoms with Crippen LogP contribution < -0.4 is 20.1 Å². The fraction of sp³-hybridized carbons (Fsp3) is 0.105. The Kier molecular flexibility index (Phi) is 4.61. The number of carbonyl (C=O) groups excluding carboxylic acids is 1. The summed E-state index contributed by atoms with van der Waals surface area (Å²) in [6.07, 6.45) is 0. The van der Waals surface area contributed by atoms with Gasteiger partial charge in [0, 0.05) is 10.8 Å². The number of carbonyl (C=O) groups is 1. The standard InChI is InChI=1S/C19H18N2O4/c1-24-16-10-5-11-17(25-2)18(16)21-19(23)20-14-8-3-7-13-12(14)6-4-9-15(13)22/h3-11,22H,1-2H3,(H2,20,21,23). The van der Waals surface area contributed by atoms with Crippen molar-refractivity contribution in [3.8, 4) is 17.2 Å². The van der Waals surface area contributed by atoms with E-state index in [4.69, 9.17) is 9.47 Å². The first-order valence-corrected chi connectivity index (χ1v) is 7.63. The van der Waals surface area contributed by atoms with E-state index in [0.29, 0.717) is 28.3 Å². The fourth-order valence-corrected chi connectivity index (χ4v) is 2.64. The number of methoxy groups -OCH3 is 2. The molecule has 0 unspecified atom stereocenters. The Bertz CT molecular complexity index is 902. The van der Waals surface area contributed by atoms with Gasteiger partial charge in [0.15, 0.2) is 0 Å². The summed E-state index contributed by atoms with van der Waals surface area (Å²) < 4.78 is 10.5. The zero-order valence-electron chi connectivity index (χ0n) is 13.9.